The predicted octanol–water partition coefficient (Wildman–Crippen LogP) is 1.64. The summed E-state index contributed by atoms with van der Waals surface area (Å²) in [5.41, 5.74) is 5.21. The largest absolute Gasteiger partial charge is 0.417 e. The molecule has 2 heterocycles. The van der Waals surface area contributed by atoms with Crippen molar-refractivity contribution < 1.29 is 13.2 Å². The SMILES string of the molecule is CC(N)Cc1nc2ccc(C(F)(F)F)cn2n1. The van der Waals surface area contributed by atoms with E-state index >= 15 is 0 Å². The second-order valence-corrected chi connectivity index (χ2v) is 3.93. The number of pyridine rings is 1. The van der Waals surface area contributed by atoms with Gasteiger partial charge in [0, 0.05) is 18.7 Å². The summed E-state index contributed by atoms with van der Waals surface area (Å²) in [7, 11) is 0. The molecule has 0 saturated carbocycles. The van der Waals surface area contributed by atoms with Gasteiger partial charge in [-0.3, -0.25) is 0 Å². The summed E-state index contributed by atoms with van der Waals surface area (Å²) in [5, 5.41) is 3.95. The Morgan fingerprint density at radius 2 is 2.12 bits per heavy atom. The smallest absolute Gasteiger partial charge is 0.328 e. The molecule has 0 spiro atoms. The zero-order valence-electron chi connectivity index (χ0n) is 9.07. The first-order chi connectivity index (χ1) is 7.86. The average Bonchev–Trinajstić information content (AvgIpc) is 2.55. The van der Waals surface area contributed by atoms with E-state index in [2.05, 4.69) is 10.1 Å². The first-order valence-corrected chi connectivity index (χ1v) is 5.04. The van der Waals surface area contributed by atoms with Gasteiger partial charge in [0.15, 0.2) is 11.5 Å². The standard InChI is InChI=1S/C10H11F3N4/c1-6(14)4-8-15-9-3-2-7(10(11,12)13)5-17(9)16-8/h2-3,5-6H,4,14H2,1H3. The lowest BCUT2D eigenvalue weighted by atomic mass is 10.2. The normalized spacial score (nSPS) is 14.2. The quantitative estimate of drug-likeness (QED) is 0.873. The lowest BCUT2D eigenvalue weighted by Crippen LogP contribution is -2.18. The van der Waals surface area contributed by atoms with Crippen LogP contribution in [-0.4, -0.2) is 20.6 Å². The van der Waals surface area contributed by atoms with E-state index in [9.17, 15) is 13.2 Å². The first kappa shape index (κ1) is 11.8. The van der Waals surface area contributed by atoms with Crippen molar-refractivity contribution in [2.45, 2.75) is 25.6 Å². The van der Waals surface area contributed by atoms with Crippen molar-refractivity contribution in [2.24, 2.45) is 5.73 Å². The Hall–Kier alpha value is -1.63. The van der Waals surface area contributed by atoms with Gasteiger partial charge in [-0.05, 0) is 19.1 Å². The highest BCUT2D eigenvalue weighted by Gasteiger charge is 2.31. The van der Waals surface area contributed by atoms with Gasteiger partial charge in [0.05, 0.1) is 5.56 Å². The van der Waals surface area contributed by atoms with Crippen LogP contribution in [0.4, 0.5) is 13.2 Å². The minimum absolute atomic E-state index is 0.130. The molecule has 2 rings (SSSR count). The Kier molecular flexibility index (Phi) is 2.78. The molecule has 92 valence electrons. The van der Waals surface area contributed by atoms with Crippen LogP contribution in [0.25, 0.3) is 5.65 Å². The molecule has 2 aromatic rings. The van der Waals surface area contributed by atoms with Gasteiger partial charge in [0.2, 0.25) is 0 Å². The van der Waals surface area contributed by atoms with Gasteiger partial charge in [-0.1, -0.05) is 0 Å². The van der Waals surface area contributed by atoms with Crippen molar-refractivity contribution >= 4 is 5.65 Å². The maximum absolute atomic E-state index is 12.5. The number of nitrogens with zero attached hydrogens (tertiary/aromatic N) is 3. The lowest BCUT2D eigenvalue weighted by molar-refractivity contribution is -0.137. The van der Waals surface area contributed by atoms with Crippen molar-refractivity contribution in [2.75, 3.05) is 0 Å². The second-order valence-electron chi connectivity index (χ2n) is 3.93. The van der Waals surface area contributed by atoms with E-state index < -0.39 is 11.7 Å². The zero-order chi connectivity index (χ0) is 12.6. The fourth-order valence-corrected chi connectivity index (χ4v) is 1.47. The average molecular weight is 244 g/mol. The van der Waals surface area contributed by atoms with Crippen LogP contribution < -0.4 is 5.73 Å². The molecule has 0 aliphatic rings. The summed E-state index contributed by atoms with van der Waals surface area (Å²) in [6, 6.07) is 2.15. The Morgan fingerprint density at radius 3 is 2.71 bits per heavy atom. The van der Waals surface area contributed by atoms with Crippen LogP contribution in [0, 0.1) is 0 Å². The molecule has 0 aromatic carbocycles. The zero-order valence-corrected chi connectivity index (χ0v) is 9.07. The Balaban J connectivity index is 2.41. The van der Waals surface area contributed by atoms with Crippen LogP contribution in [-0.2, 0) is 12.6 Å². The highest BCUT2D eigenvalue weighted by Crippen LogP contribution is 2.28. The molecular formula is C10H11F3N4. The van der Waals surface area contributed by atoms with Crippen molar-refractivity contribution in [3.63, 3.8) is 0 Å². The third-order valence-electron chi connectivity index (χ3n) is 2.21. The highest BCUT2D eigenvalue weighted by molar-refractivity contribution is 5.39. The molecule has 0 saturated heterocycles. The molecule has 17 heavy (non-hydrogen) atoms. The topological polar surface area (TPSA) is 56.2 Å². The Morgan fingerprint density at radius 1 is 1.41 bits per heavy atom. The monoisotopic (exact) mass is 244 g/mol. The van der Waals surface area contributed by atoms with Crippen molar-refractivity contribution in [3.8, 4) is 0 Å². The molecule has 0 radical (unpaired) electrons. The molecule has 7 heteroatoms. The number of nitrogens with two attached hydrogens (primary N) is 1. The van der Waals surface area contributed by atoms with E-state index in [1.807, 2.05) is 0 Å². The number of aromatic nitrogens is 3. The van der Waals surface area contributed by atoms with E-state index in [-0.39, 0.29) is 6.04 Å². The van der Waals surface area contributed by atoms with Crippen LogP contribution in [0.2, 0.25) is 0 Å². The highest BCUT2D eigenvalue weighted by atomic mass is 19.4. The van der Waals surface area contributed by atoms with E-state index in [4.69, 9.17) is 5.73 Å². The number of hydrogen-bond acceptors (Lipinski definition) is 3. The van der Waals surface area contributed by atoms with Gasteiger partial charge in [-0.15, -0.1) is 0 Å². The molecular weight excluding hydrogens is 233 g/mol. The number of hydrogen-bond donors (Lipinski definition) is 1. The van der Waals surface area contributed by atoms with Gasteiger partial charge in [-0.25, -0.2) is 9.50 Å². The van der Waals surface area contributed by atoms with Crippen molar-refractivity contribution in [3.05, 3.63) is 29.7 Å². The molecule has 0 aliphatic heterocycles. The minimum atomic E-state index is -4.37. The summed E-state index contributed by atoms with van der Waals surface area (Å²) in [4.78, 5) is 4.08. The van der Waals surface area contributed by atoms with Crippen LogP contribution in [0.15, 0.2) is 18.3 Å². The molecule has 4 nitrogen and oxygen atoms in total. The fourth-order valence-electron chi connectivity index (χ4n) is 1.47. The van der Waals surface area contributed by atoms with Crippen LogP contribution in [0.1, 0.15) is 18.3 Å². The Bertz CT molecular complexity index is 530. The molecule has 2 aromatic heterocycles. The second kappa shape index (κ2) is 3.99. The molecule has 0 fully saturated rings. The molecule has 0 bridgehead atoms. The summed E-state index contributed by atoms with van der Waals surface area (Å²) in [5.74, 6) is 0.444. The van der Waals surface area contributed by atoms with Crippen molar-refractivity contribution in [1.29, 1.82) is 0 Å². The lowest BCUT2D eigenvalue weighted by Gasteiger charge is -2.05. The van der Waals surface area contributed by atoms with E-state index in [0.29, 0.717) is 17.9 Å². The number of halogens is 3. The maximum Gasteiger partial charge on any atom is 0.417 e. The van der Waals surface area contributed by atoms with Gasteiger partial charge < -0.3 is 5.73 Å². The Labute approximate surface area is 95.3 Å². The molecule has 0 aliphatic carbocycles. The van der Waals surface area contributed by atoms with Gasteiger partial charge >= 0.3 is 6.18 Å². The number of rotatable bonds is 2. The summed E-state index contributed by atoms with van der Waals surface area (Å²) >= 11 is 0. The van der Waals surface area contributed by atoms with E-state index in [1.165, 1.54) is 6.07 Å². The number of alkyl halides is 3. The molecule has 1 atom stereocenters. The van der Waals surface area contributed by atoms with E-state index in [1.54, 1.807) is 6.92 Å². The summed E-state index contributed by atoms with van der Waals surface area (Å²) in [6.45, 7) is 1.78. The minimum Gasteiger partial charge on any atom is -0.328 e. The molecule has 1 unspecified atom stereocenters. The number of fused-ring (bicyclic) bond motifs is 1. The first-order valence-electron chi connectivity index (χ1n) is 5.04. The fraction of sp³-hybridized carbons (Fsp3) is 0.400. The van der Waals surface area contributed by atoms with Crippen molar-refractivity contribution in [1.82, 2.24) is 14.6 Å². The third-order valence-corrected chi connectivity index (χ3v) is 2.21. The molecule has 2 N–H and O–H groups in total. The van der Waals surface area contributed by atoms with Gasteiger partial charge in [0.1, 0.15) is 0 Å². The van der Waals surface area contributed by atoms with Gasteiger partial charge in [-0.2, -0.15) is 18.3 Å². The summed E-state index contributed by atoms with van der Waals surface area (Å²) in [6.07, 6.45) is -3.02. The van der Waals surface area contributed by atoms with Gasteiger partial charge in [0.25, 0.3) is 0 Å². The maximum atomic E-state index is 12.5. The third kappa shape index (κ3) is 2.55. The molecule has 0 amide bonds. The summed E-state index contributed by atoms with van der Waals surface area (Å²) < 4.78 is 38.5. The van der Waals surface area contributed by atoms with Crippen LogP contribution in [0.3, 0.4) is 0 Å². The predicted molar refractivity (Wildman–Crippen MR) is 55.3 cm³/mol. The van der Waals surface area contributed by atoms with Crippen LogP contribution in [0.5, 0.6) is 0 Å². The van der Waals surface area contributed by atoms with E-state index in [0.717, 1.165) is 16.8 Å². The van der Waals surface area contributed by atoms with Crippen LogP contribution >= 0.6 is 0 Å².